The van der Waals surface area contributed by atoms with Crippen molar-refractivity contribution in [3.8, 4) is 5.75 Å². The lowest BCUT2D eigenvalue weighted by Gasteiger charge is -2.20. The van der Waals surface area contributed by atoms with Crippen molar-refractivity contribution in [2.45, 2.75) is 33.2 Å². The van der Waals surface area contributed by atoms with Gasteiger partial charge in [-0.25, -0.2) is 0 Å². The van der Waals surface area contributed by atoms with E-state index >= 15 is 0 Å². The number of methoxy groups -OCH3 is 1. The molecule has 1 aromatic rings. The van der Waals surface area contributed by atoms with Gasteiger partial charge < -0.3 is 15.0 Å². The van der Waals surface area contributed by atoms with Crippen molar-refractivity contribution in [3.05, 3.63) is 29.8 Å². The number of hydrogen-bond acceptors (Lipinski definition) is 3. The van der Waals surface area contributed by atoms with E-state index in [1.165, 1.54) is 5.56 Å². The molecule has 1 amide bonds. The summed E-state index contributed by atoms with van der Waals surface area (Å²) < 4.78 is 5.14. The van der Waals surface area contributed by atoms with E-state index in [-0.39, 0.29) is 11.9 Å². The summed E-state index contributed by atoms with van der Waals surface area (Å²) in [6, 6.07) is 8.31. The van der Waals surface area contributed by atoms with Gasteiger partial charge in [0.2, 0.25) is 5.91 Å². The van der Waals surface area contributed by atoms with Gasteiger partial charge in [-0.1, -0.05) is 12.1 Å². The molecule has 4 nitrogen and oxygen atoms in total. The summed E-state index contributed by atoms with van der Waals surface area (Å²) in [5.41, 5.74) is 1.24. The van der Waals surface area contributed by atoms with E-state index in [9.17, 15) is 4.79 Å². The minimum Gasteiger partial charge on any atom is -0.497 e. The number of benzene rings is 1. The fourth-order valence-electron chi connectivity index (χ4n) is 2.14. The van der Waals surface area contributed by atoms with Gasteiger partial charge in [0.05, 0.1) is 13.7 Å². The molecule has 0 bridgehead atoms. The molecule has 0 saturated carbocycles. The summed E-state index contributed by atoms with van der Waals surface area (Å²) >= 11 is 0. The molecule has 0 aromatic heterocycles. The lowest BCUT2D eigenvalue weighted by Crippen LogP contribution is -2.41. The number of amides is 1. The summed E-state index contributed by atoms with van der Waals surface area (Å²) in [6.45, 7) is 8.04. The summed E-state index contributed by atoms with van der Waals surface area (Å²) in [5, 5.41) is 3.29. The topological polar surface area (TPSA) is 41.6 Å². The Kier molecular flexibility index (Phi) is 7.09. The molecular formula is C16H26N2O2. The molecule has 1 rings (SSSR count). The van der Waals surface area contributed by atoms with Crippen LogP contribution < -0.4 is 10.1 Å². The summed E-state index contributed by atoms with van der Waals surface area (Å²) in [7, 11) is 1.66. The van der Waals surface area contributed by atoms with Gasteiger partial charge in [-0.3, -0.25) is 4.79 Å². The number of rotatable bonds is 8. The Morgan fingerprint density at radius 1 is 1.25 bits per heavy atom. The normalized spacial score (nSPS) is 12.0. The van der Waals surface area contributed by atoms with Crippen molar-refractivity contribution in [2.24, 2.45) is 0 Å². The Hall–Kier alpha value is -1.55. The van der Waals surface area contributed by atoms with Crippen LogP contribution in [-0.2, 0) is 11.2 Å². The van der Waals surface area contributed by atoms with Crippen LogP contribution in [0, 0.1) is 0 Å². The van der Waals surface area contributed by atoms with Crippen LogP contribution in [0.1, 0.15) is 26.3 Å². The molecule has 0 spiro atoms. The van der Waals surface area contributed by atoms with Crippen LogP contribution >= 0.6 is 0 Å². The lowest BCUT2D eigenvalue weighted by atomic mass is 10.1. The SMILES string of the molecule is CCN(CC)C(=O)CNC(C)Cc1ccc(OC)cc1. The maximum absolute atomic E-state index is 11.9. The monoisotopic (exact) mass is 278 g/mol. The lowest BCUT2D eigenvalue weighted by molar-refractivity contribution is -0.129. The maximum Gasteiger partial charge on any atom is 0.236 e. The first-order valence-corrected chi connectivity index (χ1v) is 7.24. The molecule has 0 fully saturated rings. The molecule has 0 heterocycles. The average Bonchev–Trinajstić information content (AvgIpc) is 2.47. The van der Waals surface area contributed by atoms with Crippen molar-refractivity contribution in [1.29, 1.82) is 0 Å². The highest BCUT2D eigenvalue weighted by Gasteiger charge is 2.11. The standard InChI is InChI=1S/C16H26N2O2/c1-5-18(6-2)16(19)12-17-13(3)11-14-7-9-15(20-4)10-8-14/h7-10,13,17H,5-6,11-12H2,1-4H3. The number of ether oxygens (including phenoxy) is 1. The van der Waals surface area contributed by atoms with Crippen LogP contribution in [0.3, 0.4) is 0 Å². The minimum absolute atomic E-state index is 0.164. The van der Waals surface area contributed by atoms with Crippen LogP contribution in [-0.4, -0.2) is 43.6 Å². The van der Waals surface area contributed by atoms with Gasteiger partial charge in [0.1, 0.15) is 5.75 Å². The number of nitrogens with zero attached hydrogens (tertiary/aromatic N) is 1. The number of nitrogens with one attached hydrogen (secondary N) is 1. The first-order chi connectivity index (χ1) is 9.60. The zero-order valence-corrected chi connectivity index (χ0v) is 13.0. The smallest absolute Gasteiger partial charge is 0.236 e. The van der Waals surface area contributed by atoms with E-state index in [0.717, 1.165) is 25.3 Å². The Morgan fingerprint density at radius 2 is 1.85 bits per heavy atom. The summed E-state index contributed by atoms with van der Waals surface area (Å²) in [6.07, 6.45) is 0.898. The van der Waals surface area contributed by atoms with Crippen molar-refractivity contribution in [1.82, 2.24) is 10.2 Å². The molecular weight excluding hydrogens is 252 g/mol. The van der Waals surface area contributed by atoms with E-state index in [0.29, 0.717) is 6.54 Å². The van der Waals surface area contributed by atoms with Crippen LogP contribution in [0.4, 0.5) is 0 Å². The minimum atomic E-state index is 0.164. The molecule has 1 unspecified atom stereocenters. The highest BCUT2D eigenvalue weighted by Crippen LogP contribution is 2.12. The third kappa shape index (κ3) is 5.21. The Bertz CT molecular complexity index is 399. The highest BCUT2D eigenvalue weighted by atomic mass is 16.5. The number of hydrogen-bond donors (Lipinski definition) is 1. The van der Waals surface area contributed by atoms with Crippen molar-refractivity contribution >= 4 is 5.91 Å². The molecule has 1 atom stereocenters. The second-order valence-corrected chi connectivity index (χ2v) is 4.90. The van der Waals surface area contributed by atoms with Gasteiger partial charge in [-0.2, -0.15) is 0 Å². The number of carbonyl (C=O) groups is 1. The number of likely N-dealkylation sites (N-methyl/N-ethyl adjacent to an activating group) is 1. The van der Waals surface area contributed by atoms with Crippen molar-refractivity contribution < 1.29 is 9.53 Å². The van der Waals surface area contributed by atoms with Crippen LogP contribution in [0.2, 0.25) is 0 Å². The molecule has 112 valence electrons. The summed E-state index contributed by atoms with van der Waals surface area (Å²) in [5.74, 6) is 1.03. The van der Waals surface area contributed by atoms with Crippen LogP contribution in [0.15, 0.2) is 24.3 Å². The highest BCUT2D eigenvalue weighted by molar-refractivity contribution is 5.78. The predicted octanol–water partition coefficient (Wildman–Crippen LogP) is 2.08. The van der Waals surface area contributed by atoms with E-state index < -0.39 is 0 Å². The van der Waals surface area contributed by atoms with Crippen LogP contribution in [0.25, 0.3) is 0 Å². The molecule has 0 saturated heterocycles. The van der Waals surface area contributed by atoms with Gasteiger partial charge in [0, 0.05) is 19.1 Å². The quantitative estimate of drug-likeness (QED) is 0.791. The van der Waals surface area contributed by atoms with Crippen molar-refractivity contribution in [3.63, 3.8) is 0 Å². The van der Waals surface area contributed by atoms with Gasteiger partial charge in [0.25, 0.3) is 0 Å². The zero-order valence-electron chi connectivity index (χ0n) is 13.0. The Labute approximate surface area is 122 Å². The molecule has 0 aliphatic rings. The van der Waals surface area contributed by atoms with Crippen LogP contribution in [0.5, 0.6) is 5.75 Å². The molecule has 1 N–H and O–H groups in total. The molecule has 20 heavy (non-hydrogen) atoms. The molecule has 1 aromatic carbocycles. The number of carbonyl (C=O) groups excluding carboxylic acids is 1. The fourth-order valence-corrected chi connectivity index (χ4v) is 2.14. The second-order valence-electron chi connectivity index (χ2n) is 4.90. The predicted molar refractivity (Wildman–Crippen MR) is 82.1 cm³/mol. The second kappa shape index (κ2) is 8.59. The van der Waals surface area contributed by atoms with Gasteiger partial charge in [-0.15, -0.1) is 0 Å². The van der Waals surface area contributed by atoms with Crippen molar-refractivity contribution in [2.75, 3.05) is 26.7 Å². The Morgan fingerprint density at radius 3 is 2.35 bits per heavy atom. The fraction of sp³-hybridized carbons (Fsp3) is 0.562. The van der Waals surface area contributed by atoms with Gasteiger partial charge in [0.15, 0.2) is 0 Å². The molecule has 4 heteroatoms. The van der Waals surface area contributed by atoms with Gasteiger partial charge in [-0.05, 0) is 44.9 Å². The first kappa shape index (κ1) is 16.5. The maximum atomic E-state index is 11.9. The molecule has 0 aliphatic heterocycles. The van der Waals surface area contributed by atoms with E-state index in [1.807, 2.05) is 30.9 Å². The average molecular weight is 278 g/mol. The molecule has 0 aliphatic carbocycles. The van der Waals surface area contributed by atoms with E-state index in [1.54, 1.807) is 7.11 Å². The van der Waals surface area contributed by atoms with E-state index in [2.05, 4.69) is 24.4 Å². The van der Waals surface area contributed by atoms with Gasteiger partial charge >= 0.3 is 0 Å². The third-order valence-electron chi connectivity index (χ3n) is 3.42. The largest absolute Gasteiger partial charge is 0.497 e. The first-order valence-electron chi connectivity index (χ1n) is 7.24. The molecule has 0 radical (unpaired) electrons. The van der Waals surface area contributed by atoms with E-state index in [4.69, 9.17) is 4.74 Å². The Balaban J connectivity index is 2.39. The third-order valence-corrected chi connectivity index (χ3v) is 3.42. The summed E-state index contributed by atoms with van der Waals surface area (Å²) in [4.78, 5) is 13.7. The zero-order chi connectivity index (χ0) is 15.0.